The molecule has 4 nitrogen and oxygen atoms in total. The molecule has 10 aromatic rings. The smallest absolute Gasteiger partial charge is 0.166 e. The van der Waals surface area contributed by atoms with Crippen LogP contribution in [0.5, 0.6) is 0 Å². The largest absolute Gasteiger partial charge is 0.309 e. The predicted molar refractivity (Wildman–Crippen MR) is 209 cm³/mol. The fourth-order valence-corrected chi connectivity index (χ4v) is 7.75. The molecule has 0 amide bonds. The van der Waals surface area contributed by atoms with Crippen LogP contribution >= 0.6 is 11.3 Å². The van der Waals surface area contributed by atoms with E-state index in [1.807, 2.05) is 48.5 Å². The topological polar surface area (TPSA) is 43.6 Å². The minimum Gasteiger partial charge on any atom is -0.309 e. The van der Waals surface area contributed by atoms with Crippen molar-refractivity contribution in [2.24, 2.45) is 0 Å². The van der Waals surface area contributed by atoms with Gasteiger partial charge in [-0.1, -0.05) is 127 Å². The molecular weight excluding hydrogens is 629 g/mol. The first-order chi connectivity index (χ1) is 28.1. The van der Waals surface area contributed by atoms with Crippen LogP contribution in [0.2, 0.25) is 0 Å². The molecule has 0 saturated carbocycles. The molecule has 0 spiro atoms. The number of benzene rings is 7. The average Bonchev–Trinajstić information content (AvgIpc) is 3.83. The minimum absolute atomic E-state index is 0.00485. The Bertz CT molecular complexity index is 3270. The SMILES string of the molecule is [2H]c1c([2H])c([2H])c2c(c1[2H])c1c([2H])c([2H])c([2H])c([2H])c1n2-c1ccccc1-c1nc(-c2ccccc2)nc(-c2cccc(-c3ccc4c(c3)sc3ccccc34)c2)n1. The second kappa shape index (κ2) is 11.6. The normalized spacial score (nSPS) is 13.8. The van der Waals surface area contributed by atoms with Crippen LogP contribution in [0, 0.1) is 0 Å². The lowest BCUT2D eigenvalue weighted by atomic mass is 10.0. The molecule has 0 aliphatic rings. The van der Waals surface area contributed by atoms with E-state index < -0.39 is 36.3 Å². The number of nitrogens with zero attached hydrogens (tertiary/aromatic N) is 4. The summed E-state index contributed by atoms with van der Waals surface area (Å²) in [6.45, 7) is 0. The molecule has 0 unspecified atom stereocenters. The lowest BCUT2D eigenvalue weighted by molar-refractivity contribution is 1.06. The van der Waals surface area contributed by atoms with Crippen LogP contribution in [0.4, 0.5) is 0 Å². The van der Waals surface area contributed by atoms with Gasteiger partial charge in [0, 0.05) is 47.6 Å². The number of rotatable bonds is 5. The molecule has 50 heavy (non-hydrogen) atoms. The predicted octanol–water partition coefficient (Wildman–Crippen LogP) is 12.0. The zero-order valence-electron chi connectivity index (χ0n) is 34.2. The molecule has 3 aromatic heterocycles. The van der Waals surface area contributed by atoms with Crippen LogP contribution in [0.3, 0.4) is 0 Å². The van der Waals surface area contributed by atoms with E-state index in [2.05, 4.69) is 48.5 Å². The van der Waals surface area contributed by atoms with Gasteiger partial charge in [0.2, 0.25) is 0 Å². The molecule has 0 bridgehead atoms. The summed E-state index contributed by atoms with van der Waals surface area (Å²) in [6.07, 6.45) is 0. The van der Waals surface area contributed by atoms with Gasteiger partial charge in [0.1, 0.15) is 0 Å². The van der Waals surface area contributed by atoms with Crippen LogP contribution in [0.25, 0.3) is 93.0 Å². The van der Waals surface area contributed by atoms with Crippen molar-refractivity contribution < 1.29 is 11.0 Å². The van der Waals surface area contributed by atoms with Gasteiger partial charge in [0.15, 0.2) is 17.5 Å². The second-order valence-electron chi connectivity index (χ2n) is 11.9. The highest BCUT2D eigenvalue weighted by Gasteiger charge is 2.19. The van der Waals surface area contributed by atoms with E-state index in [9.17, 15) is 0 Å². The zero-order valence-corrected chi connectivity index (χ0v) is 27.1. The van der Waals surface area contributed by atoms with Crippen LogP contribution in [0.15, 0.2) is 170 Å². The Morgan fingerprint density at radius 2 is 1.04 bits per heavy atom. The van der Waals surface area contributed by atoms with Crippen LogP contribution in [-0.4, -0.2) is 19.5 Å². The number of fused-ring (bicyclic) bond motifs is 6. The summed E-state index contributed by atoms with van der Waals surface area (Å²) in [5.41, 5.74) is 4.36. The third-order valence-corrected chi connectivity index (χ3v) is 10.1. The van der Waals surface area contributed by atoms with E-state index in [-0.39, 0.29) is 39.7 Å². The van der Waals surface area contributed by atoms with Crippen molar-refractivity contribution in [3.63, 3.8) is 0 Å². The summed E-state index contributed by atoms with van der Waals surface area (Å²) in [6, 6.07) is 36.0. The molecule has 0 radical (unpaired) electrons. The highest BCUT2D eigenvalue weighted by molar-refractivity contribution is 7.25. The van der Waals surface area contributed by atoms with Crippen molar-refractivity contribution in [2.45, 2.75) is 0 Å². The third kappa shape index (κ3) is 4.71. The molecule has 7 aromatic carbocycles. The summed E-state index contributed by atoms with van der Waals surface area (Å²) >= 11 is 1.76. The molecule has 234 valence electrons. The Labute approximate surface area is 303 Å². The van der Waals surface area contributed by atoms with Gasteiger partial charge in [-0.2, -0.15) is 0 Å². The number of hydrogen-bond donors (Lipinski definition) is 0. The lowest BCUT2D eigenvalue weighted by Crippen LogP contribution is -2.03. The molecule has 3 heterocycles. The number of thiophene rings is 1. The van der Waals surface area contributed by atoms with Crippen molar-refractivity contribution in [1.29, 1.82) is 0 Å². The van der Waals surface area contributed by atoms with Gasteiger partial charge in [0.05, 0.1) is 27.7 Å². The summed E-state index contributed by atoms with van der Waals surface area (Å²) < 4.78 is 73.9. The van der Waals surface area contributed by atoms with Crippen molar-refractivity contribution in [2.75, 3.05) is 0 Å². The fourth-order valence-electron chi connectivity index (χ4n) is 6.60. The van der Waals surface area contributed by atoms with E-state index in [0.717, 1.165) is 22.3 Å². The Kier molecular flexibility index (Phi) is 5.00. The third-order valence-electron chi connectivity index (χ3n) is 8.92. The first-order valence-corrected chi connectivity index (χ1v) is 16.9. The van der Waals surface area contributed by atoms with Crippen LogP contribution in [0.1, 0.15) is 11.0 Å². The average molecular weight is 665 g/mol. The Hall–Kier alpha value is -6.43. The van der Waals surface area contributed by atoms with E-state index in [1.54, 1.807) is 35.6 Å². The summed E-state index contributed by atoms with van der Waals surface area (Å²) in [5.74, 6) is 1.06. The summed E-state index contributed by atoms with van der Waals surface area (Å²) in [5, 5.41) is 2.43. The fraction of sp³-hybridized carbons (Fsp3) is 0. The highest BCUT2D eigenvalue weighted by Crippen LogP contribution is 2.38. The first-order valence-electron chi connectivity index (χ1n) is 20.0. The molecule has 0 atom stereocenters. The maximum atomic E-state index is 9.06. The molecular formula is C45H28N4S. The molecule has 10 rings (SSSR count). The van der Waals surface area contributed by atoms with Gasteiger partial charge in [-0.05, 0) is 53.5 Å². The Morgan fingerprint density at radius 3 is 1.86 bits per heavy atom. The van der Waals surface area contributed by atoms with Gasteiger partial charge in [0.25, 0.3) is 0 Å². The van der Waals surface area contributed by atoms with Crippen molar-refractivity contribution in [1.82, 2.24) is 19.5 Å². The monoisotopic (exact) mass is 664 g/mol. The van der Waals surface area contributed by atoms with Crippen LogP contribution < -0.4 is 0 Å². The van der Waals surface area contributed by atoms with Gasteiger partial charge in [-0.25, -0.2) is 15.0 Å². The number of hydrogen-bond acceptors (Lipinski definition) is 4. The van der Waals surface area contributed by atoms with E-state index in [4.69, 9.17) is 25.9 Å². The van der Waals surface area contributed by atoms with Gasteiger partial charge in [-0.3, -0.25) is 0 Å². The lowest BCUT2D eigenvalue weighted by Gasteiger charge is -2.14. The Morgan fingerprint density at radius 1 is 0.440 bits per heavy atom. The minimum atomic E-state index is -0.502. The quantitative estimate of drug-likeness (QED) is 0.184. The second-order valence-corrected chi connectivity index (χ2v) is 12.9. The van der Waals surface area contributed by atoms with Crippen LogP contribution in [-0.2, 0) is 0 Å². The highest BCUT2D eigenvalue weighted by atomic mass is 32.1. The van der Waals surface area contributed by atoms with Crippen molar-refractivity contribution in [3.8, 4) is 51.0 Å². The first kappa shape index (κ1) is 21.5. The molecule has 0 aliphatic heterocycles. The van der Waals surface area contributed by atoms with E-state index in [1.165, 1.54) is 24.7 Å². The maximum absolute atomic E-state index is 9.06. The van der Waals surface area contributed by atoms with Gasteiger partial charge in [-0.15, -0.1) is 11.3 Å². The van der Waals surface area contributed by atoms with Gasteiger partial charge < -0.3 is 4.57 Å². The number of aromatic nitrogens is 4. The zero-order chi connectivity index (χ0) is 40.0. The molecule has 0 saturated heterocycles. The van der Waals surface area contributed by atoms with E-state index >= 15 is 0 Å². The molecule has 5 heteroatoms. The maximum Gasteiger partial charge on any atom is 0.166 e. The van der Waals surface area contributed by atoms with E-state index in [0.29, 0.717) is 22.9 Å². The summed E-state index contributed by atoms with van der Waals surface area (Å²) in [7, 11) is 0. The molecule has 0 aliphatic carbocycles. The summed E-state index contributed by atoms with van der Waals surface area (Å²) in [4.78, 5) is 15.0. The van der Waals surface area contributed by atoms with Crippen molar-refractivity contribution >= 4 is 53.3 Å². The molecule has 0 N–H and O–H groups in total. The number of para-hydroxylation sites is 3. The standard InChI is InChI=1S/C45H28N4S/c1-2-13-29(14-3-1)43-46-44(32-16-12-15-30(27-32)31-25-26-36-35-19-7-11-24-41(35)50-42(36)28-31)48-45(47-43)37-20-6-10-23-40(37)49-38-21-8-4-17-33(38)34-18-5-9-22-39(34)49/h1-28H/i4D,5D,8D,9D,17D,18D,21D,22D. The van der Waals surface area contributed by atoms with Gasteiger partial charge >= 0.3 is 0 Å². The van der Waals surface area contributed by atoms with Crippen molar-refractivity contribution in [3.05, 3.63) is 170 Å². The molecule has 0 fully saturated rings. The Balaban J connectivity index is 1.21.